The second-order valence-corrected chi connectivity index (χ2v) is 5.71. The molecule has 0 unspecified atom stereocenters. The first-order chi connectivity index (χ1) is 8.72. The summed E-state index contributed by atoms with van der Waals surface area (Å²) < 4.78 is 2.46. The molecule has 3 rings (SSSR count). The number of halogens is 1. The van der Waals surface area contributed by atoms with Gasteiger partial charge in [-0.1, -0.05) is 0 Å². The van der Waals surface area contributed by atoms with Gasteiger partial charge in [-0.05, 0) is 28.1 Å². The Labute approximate surface area is 113 Å². The fraction of sp³-hybridized carbons (Fsp3) is 0.385. The molecule has 18 heavy (non-hydrogen) atoms. The lowest BCUT2D eigenvalue weighted by molar-refractivity contribution is -0.901. The van der Waals surface area contributed by atoms with Crippen LogP contribution in [0.4, 0.5) is 0 Å². The predicted octanol–water partition coefficient (Wildman–Crippen LogP) is 0.636. The third-order valence-electron chi connectivity index (χ3n) is 3.42. The largest absolute Gasteiger partial charge is 0.330 e. The highest BCUT2D eigenvalue weighted by Gasteiger charge is 2.16. The topological polar surface area (TPSA) is 38.8 Å². The number of likely N-dealkylation sites (tertiary alicyclic amines) is 1. The Kier molecular flexibility index (Phi) is 3.18. The molecule has 1 fully saturated rings. The van der Waals surface area contributed by atoms with Crippen molar-refractivity contribution in [2.24, 2.45) is 0 Å². The Hall–Kier alpha value is -1.20. The molecule has 4 nitrogen and oxygen atoms in total. The summed E-state index contributed by atoms with van der Waals surface area (Å²) in [7, 11) is 0. The zero-order valence-electron chi connectivity index (χ0n) is 10.0. The van der Waals surface area contributed by atoms with Crippen LogP contribution < -0.4 is 10.5 Å². The lowest BCUT2D eigenvalue weighted by atomic mass is 10.3. The molecule has 0 atom stereocenters. The predicted molar refractivity (Wildman–Crippen MR) is 72.8 cm³/mol. The van der Waals surface area contributed by atoms with Crippen molar-refractivity contribution in [1.82, 2.24) is 9.38 Å². The van der Waals surface area contributed by atoms with Crippen molar-refractivity contribution in [3.05, 3.63) is 44.9 Å². The van der Waals surface area contributed by atoms with Crippen molar-refractivity contribution < 1.29 is 4.90 Å². The summed E-state index contributed by atoms with van der Waals surface area (Å²) in [6, 6.07) is 5.44. The molecule has 1 aliphatic heterocycles. The molecule has 0 bridgehead atoms. The molecule has 1 saturated heterocycles. The second kappa shape index (κ2) is 4.82. The Morgan fingerprint density at radius 3 is 2.89 bits per heavy atom. The normalized spacial score (nSPS) is 16.5. The maximum Gasteiger partial charge on any atom is 0.258 e. The van der Waals surface area contributed by atoms with Crippen molar-refractivity contribution in [2.75, 3.05) is 13.1 Å². The summed E-state index contributed by atoms with van der Waals surface area (Å²) in [5.41, 5.74) is 1.62. The Bertz CT molecular complexity index is 632. The summed E-state index contributed by atoms with van der Waals surface area (Å²) in [5.74, 6) is 0. The van der Waals surface area contributed by atoms with E-state index in [1.54, 1.807) is 16.7 Å². The van der Waals surface area contributed by atoms with Gasteiger partial charge < -0.3 is 4.90 Å². The van der Waals surface area contributed by atoms with E-state index in [0.717, 1.165) is 22.4 Å². The number of rotatable bonds is 2. The maximum atomic E-state index is 12.0. The SMILES string of the molecule is O=c1cc(C[NH+]2CCCC2)nc2ccc(Br)cn12. The van der Waals surface area contributed by atoms with E-state index in [9.17, 15) is 4.79 Å². The van der Waals surface area contributed by atoms with E-state index in [1.807, 2.05) is 12.1 Å². The molecule has 0 amide bonds. The van der Waals surface area contributed by atoms with Gasteiger partial charge in [0.1, 0.15) is 17.9 Å². The molecule has 1 aliphatic rings. The van der Waals surface area contributed by atoms with E-state index in [2.05, 4.69) is 20.9 Å². The number of fused-ring (bicyclic) bond motifs is 1. The lowest BCUT2D eigenvalue weighted by Crippen LogP contribution is -3.08. The van der Waals surface area contributed by atoms with Gasteiger partial charge in [-0.15, -0.1) is 0 Å². The van der Waals surface area contributed by atoms with Crippen LogP contribution in [0.2, 0.25) is 0 Å². The van der Waals surface area contributed by atoms with Crippen LogP contribution >= 0.6 is 15.9 Å². The van der Waals surface area contributed by atoms with Crippen molar-refractivity contribution in [3.8, 4) is 0 Å². The van der Waals surface area contributed by atoms with Gasteiger partial charge in [0.25, 0.3) is 5.56 Å². The molecule has 0 aromatic carbocycles. The highest BCUT2D eigenvalue weighted by Crippen LogP contribution is 2.09. The van der Waals surface area contributed by atoms with Crippen LogP contribution in [0.5, 0.6) is 0 Å². The monoisotopic (exact) mass is 308 g/mol. The zero-order chi connectivity index (χ0) is 12.5. The minimum atomic E-state index is -0.00473. The molecular formula is C13H15BrN3O+. The van der Waals surface area contributed by atoms with Gasteiger partial charge in [0.2, 0.25) is 0 Å². The quantitative estimate of drug-likeness (QED) is 0.884. The van der Waals surface area contributed by atoms with Gasteiger partial charge in [-0.25, -0.2) is 4.98 Å². The van der Waals surface area contributed by atoms with Gasteiger partial charge in [0.15, 0.2) is 0 Å². The first kappa shape index (κ1) is 11.9. The summed E-state index contributed by atoms with van der Waals surface area (Å²) >= 11 is 3.36. The van der Waals surface area contributed by atoms with Crippen LogP contribution in [-0.4, -0.2) is 22.5 Å². The average molecular weight is 309 g/mol. The number of hydrogen-bond acceptors (Lipinski definition) is 2. The molecule has 94 valence electrons. The minimum absolute atomic E-state index is 0.00473. The third kappa shape index (κ3) is 2.33. The van der Waals surface area contributed by atoms with Crippen LogP contribution in [0, 0.1) is 0 Å². The summed E-state index contributed by atoms with van der Waals surface area (Å²) in [6.45, 7) is 3.25. The summed E-state index contributed by atoms with van der Waals surface area (Å²) in [4.78, 5) is 18.1. The van der Waals surface area contributed by atoms with Crippen LogP contribution in [0.15, 0.2) is 33.7 Å². The van der Waals surface area contributed by atoms with E-state index in [0.29, 0.717) is 0 Å². The maximum absolute atomic E-state index is 12.0. The van der Waals surface area contributed by atoms with Gasteiger partial charge in [0, 0.05) is 29.6 Å². The molecule has 0 aliphatic carbocycles. The first-order valence-corrected chi connectivity index (χ1v) is 7.03. The van der Waals surface area contributed by atoms with E-state index in [-0.39, 0.29) is 5.56 Å². The molecule has 0 spiro atoms. The average Bonchev–Trinajstić information content (AvgIpc) is 2.83. The Morgan fingerprint density at radius 1 is 1.33 bits per heavy atom. The second-order valence-electron chi connectivity index (χ2n) is 4.80. The van der Waals surface area contributed by atoms with Crippen molar-refractivity contribution in [2.45, 2.75) is 19.4 Å². The van der Waals surface area contributed by atoms with E-state index in [4.69, 9.17) is 0 Å². The third-order valence-corrected chi connectivity index (χ3v) is 3.89. The number of pyridine rings is 1. The van der Waals surface area contributed by atoms with Crippen LogP contribution in [0.3, 0.4) is 0 Å². The number of hydrogen-bond donors (Lipinski definition) is 1. The molecule has 0 radical (unpaired) electrons. The van der Waals surface area contributed by atoms with Crippen molar-refractivity contribution in [1.29, 1.82) is 0 Å². The fourth-order valence-electron chi connectivity index (χ4n) is 2.52. The highest BCUT2D eigenvalue weighted by atomic mass is 79.9. The molecule has 1 N–H and O–H groups in total. The molecule has 0 saturated carbocycles. The standard InChI is InChI=1S/C13H14BrN3O/c14-10-3-4-12-15-11(7-13(18)17(12)8-10)9-16-5-1-2-6-16/h3-4,7-8H,1-2,5-6,9H2/p+1. The first-order valence-electron chi connectivity index (χ1n) is 6.24. The molecule has 5 heteroatoms. The lowest BCUT2D eigenvalue weighted by Gasteiger charge is -2.11. The number of quaternary nitrogens is 1. The van der Waals surface area contributed by atoms with Gasteiger partial charge in [-0.3, -0.25) is 9.20 Å². The van der Waals surface area contributed by atoms with Crippen LogP contribution in [0.1, 0.15) is 18.5 Å². The van der Waals surface area contributed by atoms with Crippen molar-refractivity contribution >= 4 is 21.6 Å². The molecule has 2 aromatic heterocycles. The summed E-state index contributed by atoms with van der Waals surface area (Å²) in [5, 5.41) is 0. The van der Waals surface area contributed by atoms with Crippen LogP contribution in [0.25, 0.3) is 5.65 Å². The van der Waals surface area contributed by atoms with E-state index < -0.39 is 0 Å². The smallest absolute Gasteiger partial charge is 0.258 e. The number of nitrogens with zero attached hydrogens (tertiary/aromatic N) is 2. The Balaban J connectivity index is 1.99. The minimum Gasteiger partial charge on any atom is -0.330 e. The summed E-state index contributed by atoms with van der Waals surface area (Å²) in [6.07, 6.45) is 4.33. The molecular weight excluding hydrogens is 294 g/mol. The zero-order valence-corrected chi connectivity index (χ0v) is 11.6. The number of nitrogens with one attached hydrogen (secondary N) is 1. The molecule has 3 heterocycles. The van der Waals surface area contributed by atoms with E-state index >= 15 is 0 Å². The Morgan fingerprint density at radius 2 is 2.11 bits per heavy atom. The van der Waals surface area contributed by atoms with Gasteiger partial charge in [0.05, 0.1) is 13.1 Å². The van der Waals surface area contributed by atoms with Gasteiger partial charge in [-0.2, -0.15) is 0 Å². The fourth-order valence-corrected chi connectivity index (χ4v) is 2.86. The highest BCUT2D eigenvalue weighted by molar-refractivity contribution is 9.10. The molecule has 2 aromatic rings. The number of aromatic nitrogens is 2. The van der Waals surface area contributed by atoms with E-state index in [1.165, 1.54) is 30.8 Å². The van der Waals surface area contributed by atoms with Crippen LogP contribution in [-0.2, 0) is 6.54 Å². The van der Waals surface area contributed by atoms with Crippen molar-refractivity contribution in [3.63, 3.8) is 0 Å². The van der Waals surface area contributed by atoms with Gasteiger partial charge >= 0.3 is 0 Å².